The number of aromatic carboxylic acids is 1. The van der Waals surface area contributed by atoms with Crippen LogP contribution in [-0.4, -0.2) is 19.5 Å². The SMILES string of the molecule is Cc1ccc(C)c(S(=O)(=O)Nc2ccc3c(c2C(=O)O)CCCC3)c1. The number of hydrogen-bond donors (Lipinski definition) is 2. The Bertz CT molecular complexity index is 948. The normalized spacial score (nSPS) is 14.0. The number of aryl methyl sites for hydroxylation is 3. The summed E-state index contributed by atoms with van der Waals surface area (Å²) in [5.74, 6) is -1.10. The Morgan fingerprint density at radius 3 is 2.52 bits per heavy atom. The molecule has 0 aromatic heterocycles. The fourth-order valence-electron chi connectivity index (χ4n) is 3.35. The molecular weight excluding hydrogens is 338 g/mol. The predicted octanol–water partition coefficient (Wildman–Crippen LogP) is 3.68. The van der Waals surface area contributed by atoms with E-state index in [9.17, 15) is 18.3 Å². The van der Waals surface area contributed by atoms with Crippen LogP contribution in [0.2, 0.25) is 0 Å². The van der Waals surface area contributed by atoms with E-state index in [1.807, 2.05) is 19.1 Å². The van der Waals surface area contributed by atoms with Gasteiger partial charge in [0.05, 0.1) is 16.1 Å². The Morgan fingerprint density at radius 1 is 1.08 bits per heavy atom. The Hall–Kier alpha value is -2.34. The summed E-state index contributed by atoms with van der Waals surface area (Å²) >= 11 is 0. The van der Waals surface area contributed by atoms with E-state index < -0.39 is 16.0 Å². The number of nitrogens with one attached hydrogen (secondary N) is 1. The molecule has 0 heterocycles. The van der Waals surface area contributed by atoms with Crippen molar-refractivity contribution in [1.82, 2.24) is 0 Å². The largest absolute Gasteiger partial charge is 0.478 e. The van der Waals surface area contributed by atoms with Gasteiger partial charge in [-0.2, -0.15) is 0 Å². The zero-order valence-electron chi connectivity index (χ0n) is 14.3. The van der Waals surface area contributed by atoms with Gasteiger partial charge in [-0.05, 0) is 73.9 Å². The van der Waals surface area contributed by atoms with Crippen LogP contribution in [0, 0.1) is 13.8 Å². The van der Waals surface area contributed by atoms with Crippen molar-refractivity contribution in [1.29, 1.82) is 0 Å². The molecule has 5 nitrogen and oxygen atoms in total. The molecule has 0 bridgehead atoms. The second-order valence-electron chi connectivity index (χ2n) is 6.51. The zero-order chi connectivity index (χ0) is 18.2. The first-order valence-corrected chi connectivity index (χ1v) is 9.76. The molecule has 1 aliphatic rings. The minimum Gasteiger partial charge on any atom is -0.478 e. The van der Waals surface area contributed by atoms with Gasteiger partial charge < -0.3 is 5.11 Å². The third-order valence-corrected chi connectivity index (χ3v) is 6.13. The topological polar surface area (TPSA) is 83.5 Å². The van der Waals surface area contributed by atoms with E-state index >= 15 is 0 Å². The van der Waals surface area contributed by atoms with Crippen LogP contribution >= 0.6 is 0 Å². The van der Waals surface area contributed by atoms with Crippen molar-refractivity contribution in [3.8, 4) is 0 Å². The summed E-state index contributed by atoms with van der Waals surface area (Å²) in [6.45, 7) is 3.54. The van der Waals surface area contributed by atoms with Gasteiger partial charge in [0.15, 0.2) is 0 Å². The van der Waals surface area contributed by atoms with E-state index in [1.54, 1.807) is 25.1 Å². The Balaban J connectivity index is 2.08. The van der Waals surface area contributed by atoms with Gasteiger partial charge in [-0.1, -0.05) is 18.2 Å². The first kappa shape index (κ1) is 17.5. The average Bonchev–Trinajstić information content (AvgIpc) is 2.56. The Labute approximate surface area is 147 Å². The quantitative estimate of drug-likeness (QED) is 0.872. The molecule has 0 amide bonds. The molecule has 0 unspecified atom stereocenters. The highest BCUT2D eigenvalue weighted by Gasteiger charge is 2.25. The molecule has 2 aromatic rings. The average molecular weight is 359 g/mol. The van der Waals surface area contributed by atoms with E-state index in [1.165, 1.54) is 0 Å². The molecule has 0 atom stereocenters. The minimum absolute atomic E-state index is 0.0751. The maximum absolute atomic E-state index is 12.8. The molecule has 0 aliphatic heterocycles. The molecule has 0 spiro atoms. The van der Waals surface area contributed by atoms with E-state index in [4.69, 9.17) is 0 Å². The van der Waals surface area contributed by atoms with Crippen LogP contribution in [0.3, 0.4) is 0 Å². The van der Waals surface area contributed by atoms with Gasteiger partial charge in [-0.25, -0.2) is 13.2 Å². The number of sulfonamides is 1. The van der Waals surface area contributed by atoms with Gasteiger partial charge >= 0.3 is 5.97 Å². The van der Waals surface area contributed by atoms with Crippen molar-refractivity contribution in [2.24, 2.45) is 0 Å². The summed E-state index contributed by atoms with van der Waals surface area (Å²) in [7, 11) is -3.86. The van der Waals surface area contributed by atoms with Crippen LogP contribution in [-0.2, 0) is 22.9 Å². The van der Waals surface area contributed by atoms with Crippen molar-refractivity contribution in [2.45, 2.75) is 44.4 Å². The number of carboxylic acid groups (broad SMARTS) is 1. The lowest BCUT2D eigenvalue weighted by molar-refractivity contribution is 0.0696. The first-order valence-electron chi connectivity index (χ1n) is 8.28. The van der Waals surface area contributed by atoms with E-state index in [0.29, 0.717) is 12.0 Å². The second kappa shape index (κ2) is 6.52. The molecule has 2 N–H and O–H groups in total. The molecular formula is C19H21NO4S. The first-order chi connectivity index (χ1) is 11.8. The van der Waals surface area contributed by atoms with Crippen LogP contribution in [0.15, 0.2) is 35.2 Å². The number of carbonyl (C=O) groups is 1. The summed E-state index contributed by atoms with van der Waals surface area (Å²) in [6.07, 6.45) is 3.44. The summed E-state index contributed by atoms with van der Waals surface area (Å²) in [4.78, 5) is 12.0. The lowest BCUT2D eigenvalue weighted by atomic mass is 9.87. The summed E-state index contributed by atoms with van der Waals surface area (Å²) < 4.78 is 28.1. The van der Waals surface area contributed by atoms with Crippen molar-refractivity contribution < 1.29 is 18.3 Å². The molecule has 0 fully saturated rings. The summed E-state index contributed by atoms with van der Waals surface area (Å²) in [5, 5.41) is 9.65. The molecule has 0 saturated heterocycles. The fourth-order valence-corrected chi connectivity index (χ4v) is 4.76. The van der Waals surface area contributed by atoms with Crippen molar-refractivity contribution in [3.63, 3.8) is 0 Å². The van der Waals surface area contributed by atoms with Gasteiger partial charge in [0.2, 0.25) is 0 Å². The number of fused-ring (bicyclic) bond motifs is 1. The van der Waals surface area contributed by atoms with Crippen LogP contribution in [0.25, 0.3) is 0 Å². The molecule has 1 aliphatic carbocycles. The van der Waals surface area contributed by atoms with Gasteiger partial charge in [0.25, 0.3) is 10.0 Å². The second-order valence-corrected chi connectivity index (χ2v) is 8.16. The molecule has 132 valence electrons. The van der Waals surface area contributed by atoms with Gasteiger partial charge in [0, 0.05) is 0 Å². The number of benzene rings is 2. The summed E-state index contributed by atoms with van der Waals surface area (Å²) in [6, 6.07) is 8.58. The minimum atomic E-state index is -3.86. The van der Waals surface area contributed by atoms with Gasteiger partial charge in [-0.15, -0.1) is 0 Å². The summed E-state index contributed by atoms with van der Waals surface area (Å²) in [5.41, 5.74) is 3.40. The van der Waals surface area contributed by atoms with Gasteiger partial charge in [-0.3, -0.25) is 4.72 Å². The predicted molar refractivity (Wildman–Crippen MR) is 96.8 cm³/mol. The molecule has 2 aromatic carbocycles. The van der Waals surface area contributed by atoms with E-state index in [-0.39, 0.29) is 16.1 Å². The van der Waals surface area contributed by atoms with Crippen LogP contribution in [0.4, 0.5) is 5.69 Å². The highest BCUT2D eigenvalue weighted by atomic mass is 32.2. The van der Waals surface area contributed by atoms with E-state index in [0.717, 1.165) is 36.0 Å². The standard InChI is InChI=1S/C19H21NO4S/c1-12-7-8-13(2)17(11-12)25(23,24)20-16-10-9-14-5-3-4-6-15(14)18(16)19(21)22/h7-11,20H,3-6H2,1-2H3,(H,21,22). The Kier molecular flexibility index (Phi) is 4.56. The number of anilines is 1. The van der Waals surface area contributed by atoms with E-state index in [2.05, 4.69) is 4.72 Å². The van der Waals surface area contributed by atoms with Crippen LogP contribution < -0.4 is 4.72 Å². The number of hydrogen-bond acceptors (Lipinski definition) is 3. The third-order valence-electron chi connectivity index (χ3n) is 4.62. The lowest BCUT2D eigenvalue weighted by Gasteiger charge is -2.21. The van der Waals surface area contributed by atoms with Gasteiger partial charge in [0.1, 0.15) is 0 Å². The monoisotopic (exact) mass is 359 g/mol. The lowest BCUT2D eigenvalue weighted by Crippen LogP contribution is -2.19. The molecule has 0 radical (unpaired) electrons. The highest BCUT2D eigenvalue weighted by molar-refractivity contribution is 7.92. The Morgan fingerprint density at radius 2 is 1.80 bits per heavy atom. The molecule has 0 saturated carbocycles. The number of rotatable bonds is 4. The maximum atomic E-state index is 12.8. The van der Waals surface area contributed by atoms with Crippen molar-refractivity contribution in [3.05, 3.63) is 58.1 Å². The molecule has 25 heavy (non-hydrogen) atoms. The maximum Gasteiger partial charge on any atom is 0.338 e. The van der Waals surface area contributed by atoms with Crippen molar-refractivity contribution in [2.75, 3.05) is 4.72 Å². The van der Waals surface area contributed by atoms with Crippen LogP contribution in [0.5, 0.6) is 0 Å². The highest BCUT2D eigenvalue weighted by Crippen LogP contribution is 2.31. The third kappa shape index (κ3) is 3.39. The zero-order valence-corrected chi connectivity index (χ0v) is 15.1. The smallest absolute Gasteiger partial charge is 0.338 e. The van der Waals surface area contributed by atoms with Crippen molar-refractivity contribution >= 4 is 21.7 Å². The number of carboxylic acids is 1. The fraction of sp³-hybridized carbons (Fsp3) is 0.316. The molecule has 6 heteroatoms. The molecule has 3 rings (SSSR count). The van der Waals surface area contributed by atoms with Crippen LogP contribution in [0.1, 0.15) is 45.5 Å².